The molecule has 3 aromatic heterocycles. The van der Waals surface area contributed by atoms with Gasteiger partial charge >= 0.3 is 0 Å². The van der Waals surface area contributed by atoms with Crippen molar-refractivity contribution < 1.29 is 14.1 Å². The van der Waals surface area contributed by atoms with Gasteiger partial charge in [-0.2, -0.15) is 4.98 Å². The number of amides is 1. The Morgan fingerprint density at radius 2 is 1.92 bits per heavy atom. The smallest absolute Gasteiger partial charge is 0.259 e. The van der Waals surface area contributed by atoms with Gasteiger partial charge in [0, 0.05) is 17.6 Å². The maximum Gasteiger partial charge on any atom is 0.259 e. The fourth-order valence-electron chi connectivity index (χ4n) is 4.41. The van der Waals surface area contributed by atoms with Crippen molar-refractivity contribution in [3.05, 3.63) is 88.8 Å². The molecule has 0 unspecified atom stereocenters. The lowest BCUT2D eigenvalue weighted by Crippen LogP contribution is -2.41. The van der Waals surface area contributed by atoms with Crippen molar-refractivity contribution >= 4 is 22.5 Å². The topological polar surface area (TPSA) is 103 Å². The number of hydrogen-bond acceptors (Lipinski definition) is 7. The van der Waals surface area contributed by atoms with Gasteiger partial charge in [0.1, 0.15) is 24.6 Å². The van der Waals surface area contributed by atoms with Crippen molar-refractivity contribution in [3.63, 3.8) is 0 Å². The molecule has 0 N–H and O–H groups in total. The Hall–Kier alpha value is -4.79. The third-order valence-corrected chi connectivity index (χ3v) is 6.14. The normalized spacial score (nSPS) is 12.9. The summed E-state index contributed by atoms with van der Waals surface area (Å²) in [5.41, 5.74) is 3.07. The lowest BCUT2D eigenvalue weighted by Gasteiger charge is -2.30. The molecule has 9 nitrogen and oxygen atoms in total. The zero-order valence-electron chi connectivity index (χ0n) is 19.4. The summed E-state index contributed by atoms with van der Waals surface area (Å²) in [6.45, 7) is 2.66. The first-order valence-corrected chi connectivity index (χ1v) is 11.5. The minimum atomic E-state index is -0.340. The van der Waals surface area contributed by atoms with E-state index in [1.54, 1.807) is 29.3 Å². The van der Waals surface area contributed by atoms with Gasteiger partial charge in [0.05, 0.1) is 23.3 Å². The number of pyridine rings is 2. The molecule has 0 saturated carbocycles. The van der Waals surface area contributed by atoms with Crippen LogP contribution in [0.1, 0.15) is 5.56 Å². The molecule has 1 aliphatic rings. The maximum atomic E-state index is 13.4. The summed E-state index contributed by atoms with van der Waals surface area (Å²) in [6.07, 6.45) is 1.65. The molecule has 2 aromatic carbocycles. The number of carbonyl (C=O) groups is 1. The van der Waals surface area contributed by atoms with E-state index in [1.807, 2.05) is 49.4 Å². The Kier molecular flexibility index (Phi) is 5.29. The van der Waals surface area contributed by atoms with E-state index < -0.39 is 0 Å². The Morgan fingerprint density at radius 3 is 2.78 bits per heavy atom. The molecule has 0 bridgehead atoms. The fraction of sp³-hybridized carbons (Fsp3) is 0.148. The summed E-state index contributed by atoms with van der Waals surface area (Å²) in [5.74, 6) is 1.00. The van der Waals surface area contributed by atoms with Crippen LogP contribution in [-0.2, 0) is 11.3 Å². The molecule has 0 aliphatic carbocycles. The zero-order chi connectivity index (χ0) is 24.6. The molecule has 1 aliphatic heterocycles. The van der Waals surface area contributed by atoms with E-state index in [2.05, 4.69) is 15.1 Å². The van der Waals surface area contributed by atoms with Gasteiger partial charge in [0.2, 0.25) is 11.7 Å². The minimum absolute atomic E-state index is 0.115. The zero-order valence-corrected chi connectivity index (χ0v) is 19.4. The predicted molar refractivity (Wildman–Crippen MR) is 134 cm³/mol. The number of ether oxygens (including phenoxy) is 1. The standard InChI is InChI=1S/C27H21N5O4/c1-17-9-10-23-22(14-17)31(12-13-35-23)25(34)16-32-21-8-3-2-6-18(21)19(15-24(32)33)27-29-26(30-36-27)20-7-4-5-11-28-20/h2-11,14-15H,12-13,16H2,1H3. The van der Waals surface area contributed by atoms with Crippen LogP contribution in [0.25, 0.3) is 33.9 Å². The minimum Gasteiger partial charge on any atom is -0.490 e. The number of anilines is 1. The van der Waals surface area contributed by atoms with E-state index in [0.717, 1.165) is 10.9 Å². The molecule has 178 valence electrons. The fourth-order valence-corrected chi connectivity index (χ4v) is 4.41. The van der Waals surface area contributed by atoms with E-state index in [4.69, 9.17) is 9.26 Å². The molecule has 4 heterocycles. The second-order valence-electron chi connectivity index (χ2n) is 8.50. The first-order chi connectivity index (χ1) is 17.6. The van der Waals surface area contributed by atoms with Gasteiger partial charge in [-0.15, -0.1) is 0 Å². The highest BCUT2D eigenvalue weighted by Crippen LogP contribution is 2.33. The number of benzene rings is 2. The number of para-hydroxylation sites is 1. The predicted octanol–water partition coefficient (Wildman–Crippen LogP) is 3.85. The lowest BCUT2D eigenvalue weighted by molar-refractivity contribution is -0.119. The number of carbonyl (C=O) groups excluding carboxylic acids is 1. The number of rotatable bonds is 4. The van der Waals surface area contributed by atoms with Crippen molar-refractivity contribution in [2.24, 2.45) is 0 Å². The average molecular weight is 479 g/mol. The van der Waals surface area contributed by atoms with Crippen LogP contribution >= 0.6 is 0 Å². The molecule has 6 rings (SSSR count). The summed E-state index contributed by atoms with van der Waals surface area (Å²) in [4.78, 5) is 37.1. The molecule has 0 spiro atoms. The van der Waals surface area contributed by atoms with Crippen LogP contribution in [0.5, 0.6) is 5.75 Å². The molecule has 1 amide bonds. The van der Waals surface area contributed by atoms with Gasteiger partial charge in [-0.1, -0.05) is 35.5 Å². The van der Waals surface area contributed by atoms with Gasteiger partial charge in [0.25, 0.3) is 11.4 Å². The molecule has 0 atom stereocenters. The van der Waals surface area contributed by atoms with Gasteiger partial charge in [-0.05, 0) is 42.8 Å². The van der Waals surface area contributed by atoms with E-state index in [1.165, 1.54) is 10.6 Å². The average Bonchev–Trinajstić information content (AvgIpc) is 3.40. The number of nitrogens with zero attached hydrogens (tertiary/aromatic N) is 5. The number of hydrogen-bond donors (Lipinski definition) is 0. The molecule has 0 fully saturated rings. The van der Waals surface area contributed by atoms with Crippen LogP contribution in [-0.4, -0.2) is 38.8 Å². The Labute approximate surface area is 205 Å². The third kappa shape index (κ3) is 3.80. The monoisotopic (exact) mass is 479 g/mol. The van der Waals surface area contributed by atoms with Crippen molar-refractivity contribution in [2.75, 3.05) is 18.1 Å². The van der Waals surface area contributed by atoms with Crippen LogP contribution in [0.2, 0.25) is 0 Å². The third-order valence-electron chi connectivity index (χ3n) is 6.14. The first-order valence-electron chi connectivity index (χ1n) is 11.5. The number of aromatic nitrogens is 4. The van der Waals surface area contributed by atoms with Crippen LogP contribution in [0, 0.1) is 6.92 Å². The second-order valence-corrected chi connectivity index (χ2v) is 8.50. The van der Waals surface area contributed by atoms with Crippen molar-refractivity contribution in [2.45, 2.75) is 13.5 Å². The highest BCUT2D eigenvalue weighted by Gasteiger charge is 2.25. The SMILES string of the molecule is Cc1ccc2c(c1)N(C(=O)Cn1c(=O)cc(-c3nc(-c4ccccn4)no3)c3ccccc31)CCO2. The van der Waals surface area contributed by atoms with E-state index in [0.29, 0.717) is 47.2 Å². The Bertz CT molecular complexity index is 1660. The van der Waals surface area contributed by atoms with E-state index in [-0.39, 0.29) is 23.9 Å². The Balaban J connectivity index is 1.39. The maximum absolute atomic E-state index is 13.4. The highest BCUT2D eigenvalue weighted by atomic mass is 16.5. The van der Waals surface area contributed by atoms with Crippen LogP contribution < -0.4 is 15.2 Å². The summed E-state index contributed by atoms with van der Waals surface area (Å²) in [5, 5.41) is 4.75. The van der Waals surface area contributed by atoms with Gasteiger partial charge < -0.3 is 14.2 Å². The van der Waals surface area contributed by atoms with Crippen molar-refractivity contribution in [1.82, 2.24) is 19.7 Å². The molecule has 0 radical (unpaired) electrons. The molecular weight excluding hydrogens is 458 g/mol. The van der Waals surface area contributed by atoms with E-state index in [9.17, 15) is 9.59 Å². The Morgan fingerprint density at radius 1 is 1.06 bits per heavy atom. The van der Waals surface area contributed by atoms with Crippen LogP contribution in [0.3, 0.4) is 0 Å². The van der Waals surface area contributed by atoms with Crippen LogP contribution in [0.15, 0.2) is 82.2 Å². The highest BCUT2D eigenvalue weighted by molar-refractivity contribution is 5.97. The largest absolute Gasteiger partial charge is 0.490 e. The van der Waals surface area contributed by atoms with Gasteiger partial charge in [-0.25, -0.2) is 0 Å². The number of aryl methyl sites for hydroxylation is 1. The lowest BCUT2D eigenvalue weighted by atomic mass is 10.1. The summed E-state index contributed by atoms with van der Waals surface area (Å²) < 4.78 is 12.7. The van der Waals surface area contributed by atoms with Crippen LogP contribution in [0.4, 0.5) is 5.69 Å². The molecule has 5 aromatic rings. The molecule has 36 heavy (non-hydrogen) atoms. The summed E-state index contributed by atoms with van der Waals surface area (Å²) in [6, 6.07) is 19.9. The summed E-state index contributed by atoms with van der Waals surface area (Å²) in [7, 11) is 0. The van der Waals surface area contributed by atoms with Crippen molar-refractivity contribution in [3.8, 4) is 28.7 Å². The van der Waals surface area contributed by atoms with Gasteiger partial charge in [0.15, 0.2) is 0 Å². The molecule has 0 saturated heterocycles. The summed E-state index contributed by atoms with van der Waals surface area (Å²) >= 11 is 0. The number of fused-ring (bicyclic) bond motifs is 2. The molecule has 9 heteroatoms. The van der Waals surface area contributed by atoms with Gasteiger partial charge in [-0.3, -0.25) is 19.1 Å². The van der Waals surface area contributed by atoms with E-state index >= 15 is 0 Å². The molecular formula is C27H21N5O4. The first kappa shape index (κ1) is 21.7. The quantitative estimate of drug-likeness (QED) is 0.386. The second kappa shape index (κ2) is 8.77. The van der Waals surface area contributed by atoms with Crippen molar-refractivity contribution in [1.29, 1.82) is 0 Å².